The van der Waals surface area contributed by atoms with Crippen LogP contribution >= 0.6 is 11.6 Å². The van der Waals surface area contributed by atoms with Crippen LogP contribution in [0.25, 0.3) is 0 Å². The van der Waals surface area contributed by atoms with E-state index in [2.05, 4.69) is 60.7 Å². The molecule has 5 atom stereocenters. The zero-order valence-electron chi connectivity index (χ0n) is 21.8. The van der Waals surface area contributed by atoms with Gasteiger partial charge in [-0.2, -0.15) is 0 Å². The van der Waals surface area contributed by atoms with Crippen LogP contribution in [-0.4, -0.2) is 25.4 Å². The Balaban J connectivity index is 1.30. The maximum atomic E-state index is 6.88. The Hall–Kier alpha value is -2.99. The van der Waals surface area contributed by atoms with Crippen molar-refractivity contribution in [3.8, 4) is 0 Å². The van der Waals surface area contributed by atoms with Gasteiger partial charge >= 0.3 is 0 Å². The highest BCUT2D eigenvalue weighted by molar-refractivity contribution is 6.30. The van der Waals surface area contributed by atoms with Gasteiger partial charge in [0, 0.05) is 16.9 Å². The first-order valence-corrected chi connectivity index (χ1v) is 14.0. The number of fused-ring (bicyclic) bond motifs is 3. The minimum absolute atomic E-state index is 0.0479. The van der Waals surface area contributed by atoms with Crippen molar-refractivity contribution in [2.45, 2.75) is 44.1 Å². The number of halogens is 1. The molecule has 4 aromatic rings. The fraction of sp³-hybridized carbons (Fsp3) is 0.294. The predicted octanol–water partition coefficient (Wildman–Crippen LogP) is 7.51. The molecule has 5 heteroatoms. The molecule has 1 fully saturated rings. The largest absolute Gasteiger partial charge is 0.376 e. The number of ether oxygens (including phenoxy) is 4. The fourth-order valence-corrected chi connectivity index (χ4v) is 6.01. The first kappa shape index (κ1) is 26.2. The third-order valence-electron chi connectivity index (χ3n) is 7.75. The molecule has 6 rings (SSSR count). The summed E-state index contributed by atoms with van der Waals surface area (Å²) in [6.07, 6.45) is -0.554. The van der Waals surface area contributed by atoms with E-state index in [1.807, 2.05) is 48.5 Å². The van der Waals surface area contributed by atoms with Crippen LogP contribution in [0.2, 0.25) is 5.02 Å². The van der Waals surface area contributed by atoms with E-state index in [0.717, 1.165) is 16.7 Å². The van der Waals surface area contributed by atoms with Gasteiger partial charge < -0.3 is 18.9 Å². The van der Waals surface area contributed by atoms with Gasteiger partial charge in [0.25, 0.3) is 0 Å². The van der Waals surface area contributed by atoms with Gasteiger partial charge in [0.2, 0.25) is 0 Å². The monoisotopic (exact) mass is 540 g/mol. The maximum absolute atomic E-state index is 6.88. The molecular formula is C34H33ClO4. The molecule has 4 aromatic carbocycles. The summed E-state index contributed by atoms with van der Waals surface area (Å²) in [6, 6.07) is 37.1. The van der Waals surface area contributed by atoms with Crippen molar-refractivity contribution in [1.82, 2.24) is 0 Å². The number of rotatable bonds is 9. The van der Waals surface area contributed by atoms with E-state index in [1.165, 1.54) is 11.1 Å². The van der Waals surface area contributed by atoms with Crippen molar-refractivity contribution in [3.05, 3.63) is 142 Å². The number of hydrogen-bond donors (Lipinski definition) is 0. The first-order valence-electron chi connectivity index (χ1n) is 13.6. The zero-order valence-corrected chi connectivity index (χ0v) is 22.6. The topological polar surface area (TPSA) is 36.9 Å². The van der Waals surface area contributed by atoms with Crippen LogP contribution in [0.4, 0.5) is 0 Å². The second-order valence-electron chi connectivity index (χ2n) is 10.3. The summed E-state index contributed by atoms with van der Waals surface area (Å²) in [6.45, 7) is 2.63. The molecule has 0 aliphatic carbocycles. The zero-order chi connectivity index (χ0) is 26.4. The van der Waals surface area contributed by atoms with Crippen LogP contribution in [0.5, 0.6) is 0 Å². The Morgan fingerprint density at radius 3 is 2.00 bits per heavy atom. The van der Waals surface area contributed by atoms with Crippen LogP contribution in [0.15, 0.2) is 109 Å². The fourth-order valence-electron chi connectivity index (χ4n) is 5.88. The summed E-state index contributed by atoms with van der Waals surface area (Å²) in [4.78, 5) is 0. The van der Waals surface area contributed by atoms with E-state index < -0.39 is 0 Å². The third-order valence-corrected chi connectivity index (χ3v) is 8.00. The van der Waals surface area contributed by atoms with Gasteiger partial charge in [0.05, 0.1) is 45.2 Å². The van der Waals surface area contributed by atoms with E-state index in [0.29, 0.717) is 38.1 Å². The molecule has 0 N–H and O–H groups in total. The van der Waals surface area contributed by atoms with Crippen LogP contribution in [0.3, 0.4) is 0 Å². The summed E-state index contributed by atoms with van der Waals surface area (Å²) < 4.78 is 26.0. The smallest absolute Gasteiger partial charge is 0.108 e. The first-order chi connectivity index (χ1) is 19.3. The number of benzene rings is 4. The lowest BCUT2D eigenvalue weighted by molar-refractivity contribution is -0.212. The summed E-state index contributed by atoms with van der Waals surface area (Å²) >= 11 is 6.27. The highest BCUT2D eigenvalue weighted by Crippen LogP contribution is 2.49. The van der Waals surface area contributed by atoms with Gasteiger partial charge in [-0.3, -0.25) is 0 Å². The van der Waals surface area contributed by atoms with E-state index in [-0.39, 0.29) is 30.1 Å². The Bertz CT molecular complexity index is 1330. The van der Waals surface area contributed by atoms with E-state index in [9.17, 15) is 0 Å². The van der Waals surface area contributed by atoms with Gasteiger partial charge in [0.15, 0.2) is 0 Å². The lowest BCUT2D eigenvalue weighted by Gasteiger charge is -2.49. The molecule has 200 valence electrons. The molecule has 0 aromatic heterocycles. The second-order valence-corrected chi connectivity index (χ2v) is 10.7. The van der Waals surface area contributed by atoms with Crippen LogP contribution in [0, 0.1) is 5.92 Å². The second kappa shape index (κ2) is 12.5. The molecule has 0 bridgehead atoms. The Morgan fingerprint density at radius 2 is 1.31 bits per heavy atom. The molecule has 2 heterocycles. The number of hydrogen-bond acceptors (Lipinski definition) is 4. The lowest BCUT2D eigenvalue weighted by Crippen LogP contribution is -2.52. The summed E-state index contributed by atoms with van der Waals surface area (Å²) in [7, 11) is 0. The van der Waals surface area contributed by atoms with Gasteiger partial charge in [-0.15, -0.1) is 0 Å². The summed E-state index contributed by atoms with van der Waals surface area (Å²) in [5.74, 6) is 0.150. The molecule has 0 radical (unpaired) electrons. The van der Waals surface area contributed by atoms with Crippen LogP contribution < -0.4 is 0 Å². The Kier molecular flexibility index (Phi) is 8.38. The molecule has 2 aliphatic rings. The quantitative estimate of drug-likeness (QED) is 0.220. The highest BCUT2D eigenvalue weighted by atomic mass is 35.5. The van der Waals surface area contributed by atoms with Crippen molar-refractivity contribution >= 4 is 11.6 Å². The van der Waals surface area contributed by atoms with E-state index in [4.69, 9.17) is 30.5 Å². The summed E-state index contributed by atoms with van der Waals surface area (Å²) in [5, 5.41) is 0.707. The SMILES string of the molecule is Clc1ccc([C@@H]2O[C@H](COCc3ccccc3)[C@H]3OCc4ccccc4[C@@H]3[C@H]2COCc2ccccc2)cc1. The molecule has 0 spiro atoms. The van der Waals surface area contributed by atoms with E-state index in [1.54, 1.807) is 0 Å². The van der Waals surface area contributed by atoms with Gasteiger partial charge in [-0.05, 0) is 39.9 Å². The highest BCUT2D eigenvalue weighted by Gasteiger charge is 2.49. The maximum Gasteiger partial charge on any atom is 0.108 e. The molecule has 0 amide bonds. The normalized spacial score (nSPS) is 24.1. The standard InChI is InChI=1S/C34H33ClO4/c35-28-17-15-26(16-18-28)33-30(22-36-19-24-9-3-1-4-10-24)32-29-14-8-7-13-27(29)21-38-34(32)31(39-33)23-37-20-25-11-5-2-6-12-25/h1-18,30-34H,19-23H2/t30-,31-,32-,33+,34-/m1/s1. The van der Waals surface area contributed by atoms with Crippen molar-refractivity contribution in [2.75, 3.05) is 13.2 Å². The van der Waals surface area contributed by atoms with Crippen LogP contribution in [0.1, 0.15) is 39.8 Å². The molecule has 39 heavy (non-hydrogen) atoms. The molecule has 4 nitrogen and oxygen atoms in total. The van der Waals surface area contributed by atoms with E-state index >= 15 is 0 Å². The lowest BCUT2D eigenvalue weighted by atomic mass is 9.71. The van der Waals surface area contributed by atoms with Gasteiger partial charge in [-0.25, -0.2) is 0 Å². The molecule has 1 saturated heterocycles. The van der Waals surface area contributed by atoms with Crippen molar-refractivity contribution < 1.29 is 18.9 Å². The van der Waals surface area contributed by atoms with Crippen molar-refractivity contribution in [1.29, 1.82) is 0 Å². The third kappa shape index (κ3) is 6.11. The molecule has 0 saturated carbocycles. The minimum atomic E-state index is -0.224. The van der Waals surface area contributed by atoms with Crippen LogP contribution in [-0.2, 0) is 38.8 Å². The molecular weight excluding hydrogens is 508 g/mol. The predicted molar refractivity (Wildman–Crippen MR) is 153 cm³/mol. The Labute approximate surface area is 235 Å². The van der Waals surface area contributed by atoms with Gasteiger partial charge in [0.1, 0.15) is 6.10 Å². The van der Waals surface area contributed by atoms with Crippen molar-refractivity contribution in [2.24, 2.45) is 5.92 Å². The summed E-state index contributed by atoms with van der Waals surface area (Å²) in [5.41, 5.74) is 5.93. The van der Waals surface area contributed by atoms with Gasteiger partial charge in [-0.1, -0.05) is 109 Å². The average molecular weight is 541 g/mol. The molecule has 2 aliphatic heterocycles. The van der Waals surface area contributed by atoms with Crippen molar-refractivity contribution in [3.63, 3.8) is 0 Å². The molecule has 0 unspecified atom stereocenters. The Morgan fingerprint density at radius 1 is 0.692 bits per heavy atom. The minimum Gasteiger partial charge on any atom is -0.376 e. The average Bonchev–Trinajstić information content (AvgIpc) is 2.99.